The lowest BCUT2D eigenvalue weighted by molar-refractivity contribution is 0.407. The first-order valence-electron chi connectivity index (χ1n) is 8.36. The van der Waals surface area contributed by atoms with Gasteiger partial charge < -0.3 is 9.47 Å². The summed E-state index contributed by atoms with van der Waals surface area (Å²) >= 11 is 7.53. The minimum Gasteiger partial charge on any atom is -0.342 e. The molecular formula is C18H25Br2N3. The van der Waals surface area contributed by atoms with Gasteiger partial charge in [0.2, 0.25) is 5.95 Å². The minimum absolute atomic E-state index is 0.252. The molecule has 2 heterocycles. The molecule has 3 rings (SSSR count). The zero-order valence-corrected chi connectivity index (χ0v) is 17.8. The largest absolute Gasteiger partial charge is 0.342 e. The van der Waals surface area contributed by atoms with Gasteiger partial charge in [-0.15, -0.1) is 0 Å². The topological polar surface area (TPSA) is 21.1 Å². The van der Waals surface area contributed by atoms with Gasteiger partial charge in [-0.1, -0.05) is 20.8 Å². The van der Waals surface area contributed by atoms with Crippen LogP contribution in [0.2, 0.25) is 0 Å². The summed E-state index contributed by atoms with van der Waals surface area (Å²) in [6.07, 6.45) is 2.29. The van der Waals surface area contributed by atoms with Gasteiger partial charge in [-0.05, 0) is 75.1 Å². The number of hydrogen-bond donors (Lipinski definition) is 0. The van der Waals surface area contributed by atoms with Crippen molar-refractivity contribution in [2.45, 2.75) is 54.0 Å². The fourth-order valence-electron chi connectivity index (χ4n) is 3.51. The number of nitrogens with zero attached hydrogens (tertiary/aromatic N) is 3. The Bertz CT molecular complexity index is 756. The van der Waals surface area contributed by atoms with Crippen LogP contribution in [0.5, 0.6) is 0 Å². The SMILES string of the molecule is CCN(CC(C)(C)C)c1nc2c(C)c(Br)c(Br)c3c2n1CCC3. The Morgan fingerprint density at radius 1 is 1.22 bits per heavy atom. The highest BCUT2D eigenvalue weighted by Gasteiger charge is 2.27. The molecule has 1 aromatic heterocycles. The molecule has 0 saturated heterocycles. The fourth-order valence-corrected chi connectivity index (χ4v) is 4.62. The van der Waals surface area contributed by atoms with Crippen LogP contribution < -0.4 is 4.90 Å². The number of hydrogen-bond acceptors (Lipinski definition) is 2. The van der Waals surface area contributed by atoms with Gasteiger partial charge in [-0.25, -0.2) is 4.98 Å². The normalized spacial score (nSPS) is 14.6. The van der Waals surface area contributed by atoms with Crippen molar-refractivity contribution in [1.82, 2.24) is 9.55 Å². The maximum absolute atomic E-state index is 5.08. The number of benzene rings is 1. The van der Waals surface area contributed by atoms with Gasteiger partial charge in [-0.3, -0.25) is 0 Å². The van der Waals surface area contributed by atoms with E-state index in [2.05, 4.69) is 75.9 Å². The summed E-state index contributed by atoms with van der Waals surface area (Å²) in [5.41, 5.74) is 5.35. The molecule has 3 nitrogen and oxygen atoms in total. The first kappa shape index (κ1) is 17.3. The Balaban J connectivity index is 2.24. The lowest BCUT2D eigenvalue weighted by Crippen LogP contribution is -2.34. The molecule has 0 unspecified atom stereocenters. The molecule has 0 fully saturated rings. The van der Waals surface area contributed by atoms with E-state index in [1.165, 1.54) is 27.5 Å². The van der Waals surface area contributed by atoms with Gasteiger partial charge >= 0.3 is 0 Å². The molecule has 0 bridgehead atoms. The molecule has 126 valence electrons. The standard InChI is InChI=1S/C18H25Br2N3/c1-6-22(10-18(3,4)5)17-21-15-11(2)13(19)14(20)12-8-7-9-23(17)16(12)15/h6-10H2,1-5H3. The number of imidazole rings is 1. The second kappa shape index (κ2) is 6.07. The summed E-state index contributed by atoms with van der Waals surface area (Å²) in [6, 6.07) is 0. The first-order valence-corrected chi connectivity index (χ1v) is 9.94. The maximum Gasteiger partial charge on any atom is 0.206 e. The summed E-state index contributed by atoms with van der Waals surface area (Å²) in [5.74, 6) is 1.13. The predicted molar refractivity (Wildman–Crippen MR) is 106 cm³/mol. The minimum atomic E-state index is 0.252. The van der Waals surface area contributed by atoms with Crippen molar-refractivity contribution in [1.29, 1.82) is 0 Å². The van der Waals surface area contributed by atoms with Gasteiger partial charge in [0.15, 0.2) is 0 Å². The van der Waals surface area contributed by atoms with Crippen LogP contribution in [0.15, 0.2) is 8.95 Å². The van der Waals surface area contributed by atoms with Crippen LogP contribution >= 0.6 is 31.9 Å². The van der Waals surface area contributed by atoms with E-state index in [1.807, 2.05) is 0 Å². The molecule has 0 spiro atoms. The molecule has 0 radical (unpaired) electrons. The van der Waals surface area contributed by atoms with E-state index in [-0.39, 0.29) is 5.41 Å². The second-order valence-corrected chi connectivity index (χ2v) is 9.26. The summed E-state index contributed by atoms with van der Waals surface area (Å²) in [6.45, 7) is 14.3. The van der Waals surface area contributed by atoms with Crippen LogP contribution in [-0.4, -0.2) is 22.6 Å². The number of aromatic nitrogens is 2. The molecule has 23 heavy (non-hydrogen) atoms. The Hall–Kier alpha value is -0.550. The molecule has 5 heteroatoms. The number of halogens is 2. The zero-order valence-electron chi connectivity index (χ0n) is 14.6. The van der Waals surface area contributed by atoms with Crippen molar-refractivity contribution in [2.75, 3.05) is 18.0 Å². The highest BCUT2D eigenvalue weighted by atomic mass is 79.9. The Morgan fingerprint density at radius 3 is 2.52 bits per heavy atom. The number of aryl methyl sites for hydroxylation is 3. The molecule has 0 amide bonds. The predicted octanol–water partition coefficient (Wildman–Crippen LogP) is 5.69. The Morgan fingerprint density at radius 2 is 1.91 bits per heavy atom. The summed E-state index contributed by atoms with van der Waals surface area (Å²) in [4.78, 5) is 7.51. The second-order valence-electron chi connectivity index (χ2n) is 7.67. The van der Waals surface area contributed by atoms with Crippen LogP contribution in [-0.2, 0) is 13.0 Å². The van der Waals surface area contributed by atoms with Crippen molar-refractivity contribution in [3.8, 4) is 0 Å². The van der Waals surface area contributed by atoms with E-state index in [0.29, 0.717) is 0 Å². The molecule has 0 saturated carbocycles. The van der Waals surface area contributed by atoms with Gasteiger partial charge in [-0.2, -0.15) is 0 Å². The molecule has 0 N–H and O–H groups in total. The lowest BCUT2D eigenvalue weighted by atomic mass is 9.96. The quantitative estimate of drug-likeness (QED) is 0.608. The van der Waals surface area contributed by atoms with Gasteiger partial charge in [0.1, 0.15) is 0 Å². The number of anilines is 1. The number of rotatable bonds is 3. The highest BCUT2D eigenvalue weighted by molar-refractivity contribution is 9.13. The van der Waals surface area contributed by atoms with Gasteiger partial charge in [0.25, 0.3) is 0 Å². The molecule has 1 aliphatic heterocycles. The van der Waals surface area contributed by atoms with Crippen LogP contribution in [0.3, 0.4) is 0 Å². The molecule has 1 aliphatic rings. The highest BCUT2D eigenvalue weighted by Crippen LogP contribution is 2.41. The van der Waals surface area contributed by atoms with E-state index >= 15 is 0 Å². The van der Waals surface area contributed by atoms with E-state index in [1.54, 1.807) is 0 Å². The molecule has 0 aliphatic carbocycles. The third-order valence-corrected chi connectivity index (χ3v) is 6.91. The van der Waals surface area contributed by atoms with Gasteiger partial charge in [0.05, 0.1) is 11.0 Å². The van der Waals surface area contributed by atoms with Crippen molar-refractivity contribution in [3.05, 3.63) is 20.1 Å². The van der Waals surface area contributed by atoms with Crippen molar-refractivity contribution in [2.24, 2.45) is 5.41 Å². The van der Waals surface area contributed by atoms with Crippen LogP contribution in [0.25, 0.3) is 11.0 Å². The van der Waals surface area contributed by atoms with Crippen LogP contribution in [0.1, 0.15) is 45.2 Å². The molecular weight excluding hydrogens is 418 g/mol. The van der Waals surface area contributed by atoms with Crippen molar-refractivity contribution in [3.63, 3.8) is 0 Å². The van der Waals surface area contributed by atoms with Crippen molar-refractivity contribution >= 4 is 48.8 Å². The molecule has 2 aromatic rings. The average molecular weight is 443 g/mol. The maximum atomic E-state index is 5.08. The monoisotopic (exact) mass is 441 g/mol. The lowest BCUT2D eigenvalue weighted by Gasteiger charge is -2.31. The molecule has 0 atom stereocenters. The van der Waals surface area contributed by atoms with Crippen LogP contribution in [0.4, 0.5) is 5.95 Å². The fraction of sp³-hybridized carbons (Fsp3) is 0.611. The summed E-state index contributed by atoms with van der Waals surface area (Å²) in [7, 11) is 0. The summed E-state index contributed by atoms with van der Waals surface area (Å²) < 4.78 is 4.79. The summed E-state index contributed by atoms with van der Waals surface area (Å²) in [5, 5.41) is 0. The van der Waals surface area contributed by atoms with E-state index in [4.69, 9.17) is 4.98 Å². The zero-order chi connectivity index (χ0) is 16.9. The smallest absolute Gasteiger partial charge is 0.206 e. The Kier molecular flexibility index (Phi) is 4.56. The van der Waals surface area contributed by atoms with E-state index in [0.717, 1.165) is 42.0 Å². The van der Waals surface area contributed by atoms with E-state index < -0.39 is 0 Å². The average Bonchev–Trinajstić information content (AvgIpc) is 2.88. The third-order valence-electron chi connectivity index (χ3n) is 4.51. The molecule has 1 aromatic carbocycles. The van der Waals surface area contributed by atoms with Crippen molar-refractivity contribution < 1.29 is 0 Å². The van der Waals surface area contributed by atoms with Crippen LogP contribution in [0, 0.1) is 12.3 Å². The van der Waals surface area contributed by atoms with Gasteiger partial charge in [0, 0.05) is 28.6 Å². The third kappa shape index (κ3) is 2.95. The Labute approximate surface area is 155 Å². The first-order chi connectivity index (χ1) is 10.7. The van der Waals surface area contributed by atoms with E-state index in [9.17, 15) is 0 Å².